The van der Waals surface area contributed by atoms with Crippen LogP contribution in [0.5, 0.6) is 0 Å². The van der Waals surface area contributed by atoms with E-state index in [2.05, 4.69) is 15.3 Å². The Balaban J connectivity index is 2.43. The lowest BCUT2D eigenvalue weighted by molar-refractivity contribution is -0.139. The number of hydrogen-bond donors (Lipinski definition) is 2. The molecule has 0 bridgehead atoms. The first-order valence-corrected chi connectivity index (χ1v) is 4.37. The highest BCUT2D eigenvalue weighted by atomic mass is 16.5. The summed E-state index contributed by atoms with van der Waals surface area (Å²) in [5.74, 6) is -0.144. The zero-order valence-corrected chi connectivity index (χ0v) is 8.63. The van der Waals surface area contributed by atoms with Gasteiger partial charge < -0.3 is 15.0 Å². The fourth-order valence-corrected chi connectivity index (χ4v) is 0.862. The van der Waals surface area contributed by atoms with Crippen LogP contribution in [0.15, 0.2) is 12.5 Å². The maximum atomic E-state index is 11.5. The Labute approximate surface area is 82.9 Å². The highest BCUT2D eigenvalue weighted by molar-refractivity contribution is 5.84. The largest absolute Gasteiger partial charge is 0.369 e. The molecule has 0 aliphatic rings. The van der Waals surface area contributed by atoms with Gasteiger partial charge in [-0.05, 0) is 13.8 Å². The minimum atomic E-state index is -0.792. The molecule has 14 heavy (non-hydrogen) atoms. The van der Waals surface area contributed by atoms with Crippen LogP contribution in [0.1, 0.15) is 19.5 Å². The number of rotatable bonds is 4. The van der Waals surface area contributed by atoms with Gasteiger partial charge in [0.1, 0.15) is 5.60 Å². The predicted octanol–water partition coefficient (Wildman–Crippen LogP) is 0.451. The molecule has 1 heterocycles. The SMILES string of the molecule is COC(C)(C)C(=O)NCc1cnc[nH]1. The molecular formula is C9H15N3O2. The summed E-state index contributed by atoms with van der Waals surface area (Å²) in [6.45, 7) is 3.87. The van der Waals surface area contributed by atoms with Crippen molar-refractivity contribution in [3.8, 4) is 0 Å². The molecule has 5 nitrogen and oxygen atoms in total. The van der Waals surface area contributed by atoms with Crippen LogP contribution in [0.2, 0.25) is 0 Å². The summed E-state index contributed by atoms with van der Waals surface area (Å²) in [5.41, 5.74) is 0.0743. The molecule has 0 aliphatic carbocycles. The van der Waals surface area contributed by atoms with Crippen LogP contribution < -0.4 is 5.32 Å². The summed E-state index contributed by atoms with van der Waals surface area (Å²) in [7, 11) is 1.51. The van der Waals surface area contributed by atoms with Gasteiger partial charge in [0, 0.05) is 13.3 Å². The Morgan fingerprint density at radius 2 is 2.43 bits per heavy atom. The summed E-state index contributed by atoms with van der Waals surface area (Å²) in [6, 6.07) is 0. The van der Waals surface area contributed by atoms with Gasteiger partial charge in [0.05, 0.1) is 18.6 Å². The average Bonchev–Trinajstić information content (AvgIpc) is 2.66. The molecule has 0 unspecified atom stereocenters. The van der Waals surface area contributed by atoms with Crippen molar-refractivity contribution >= 4 is 5.91 Å². The fraction of sp³-hybridized carbons (Fsp3) is 0.556. The van der Waals surface area contributed by atoms with Crippen molar-refractivity contribution in [2.24, 2.45) is 0 Å². The zero-order chi connectivity index (χ0) is 10.6. The lowest BCUT2D eigenvalue weighted by atomic mass is 10.1. The van der Waals surface area contributed by atoms with Crippen molar-refractivity contribution in [3.05, 3.63) is 18.2 Å². The molecule has 0 radical (unpaired) electrons. The fourth-order valence-electron chi connectivity index (χ4n) is 0.862. The Hall–Kier alpha value is -1.36. The van der Waals surface area contributed by atoms with Crippen molar-refractivity contribution in [3.63, 3.8) is 0 Å². The number of methoxy groups -OCH3 is 1. The maximum Gasteiger partial charge on any atom is 0.251 e. The Kier molecular flexibility index (Phi) is 3.24. The summed E-state index contributed by atoms with van der Waals surface area (Å²) in [6.07, 6.45) is 3.24. The Morgan fingerprint density at radius 1 is 1.71 bits per heavy atom. The second-order valence-electron chi connectivity index (χ2n) is 3.47. The van der Waals surface area contributed by atoms with E-state index in [1.54, 1.807) is 26.4 Å². The van der Waals surface area contributed by atoms with Gasteiger partial charge in [-0.2, -0.15) is 0 Å². The van der Waals surface area contributed by atoms with Gasteiger partial charge in [-0.15, -0.1) is 0 Å². The molecule has 0 fully saturated rings. The van der Waals surface area contributed by atoms with Crippen molar-refractivity contribution in [2.45, 2.75) is 26.0 Å². The number of hydrogen-bond acceptors (Lipinski definition) is 3. The summed E-state index contributed by atoms with van der Waals surface area (Å²) < 4.78 is 5.03. The minimum Gasteiger partial charge on any atom is -0.369 e. The molecular weight excluding hydrogens is 182 g/mol. The van der Waals surface area contributed by atoms with Crippen LogP contribution in [0, 0.1) is 0 Å². The van der Waals surface area contributed by atoms with Crippen LogP contribution >= 0.6 is 0 Å². The zero-order valence-electron chi connectivity index (χ0n) is 8.63. The molecule has 1 aromatic rings. The van der Waals surface area contributed by atoms with E-state index in [4.69, 9.17) is 4.74 Å². The molecule has 0 saturated carbocycles. The van der Waals surface area contributed by atoms with Crippen molar-refractivity contribution in [2.75, 3.05) is 7.11 Å². The highest BCUT2D eigenvalue weighted by Gasteiger charge is 2.26. The molecule has 78 valence electrons. The van der Waals surface area contributed by atoms with E-state index >= 15 is 0 Å². The molecule has 0 saturated heterocycles. The first-order valence-electron chi connectivity index (χ1n) is 4.37. The van der Waals surface area contributed by atoms with E-state index in [0.717, 1.165) is 5.69 Å². The molecule has 0 spiro atoms. The molecule has 0 aromatic carbocycles. The summed E-state index contributed by atoms with van der Waals surface area (Å²) >= 11 is 0. The quantitative estimate of drug-likeness (QED) is 0.736. The predicted molar refractivity (Wildman–Crippen MR) is 51.5 cm³/mol. The van der Waals surface area contributed by atoms with E-state index in [1.807, 2.05) is 0 Å². The molecule has 2 N–H and O–H groups in total. The van der Waals surface area contributed by atoms with Gasteiger partial charge in [0.15, 0.2) is 0 Å². The number of nitrogens with one attached hydrogen (secondary N) is 2. The topological polar surface area (TPSA) is 67.0 Å². The third-order valence-corrected chi connectivity index (χ3v) is 2.05. The van der Waals surface area contributed by atoms with Crippen LogP contribution in [-0.4, -0.2) is 28.6 Å². The third kappa shape index (κ3) is 2.56. The first-order chi connectivity index (χ1) is 6.56. The second-order valence-corrected chi connectivity index (χ2v) is 3.47. The number of imidazole rings is 1. The van der Waals surface area contributed by atoms with E-state index in [1.165, 1.54) is 7.11 Å². The number of aromatic amines is 1. The summed E-state index contributed by atoms with van der Waals surface area (Å²) in [5, 5.41) is 2.74. The van der Waals surface area contributed by atoms with Crippen LogP contribution in [0.3, 0.4) is 0 Å². The highest BCUT2D eigenvalue weighted by Crippen LogP contribution is 2.07. The molecule has 1 aromatic heterocycles. The lowest BCUT2D eigenvalue weighted by Gasteiger charge is -2.21. The van der Waals surface area contributed by atoms with Crippen molar-refractivity contribution < 1.29 is 9.53 Å². The first kappa shape index (κ1) is 10.7. The van der Waals surface area contributed by atoms with Crippen LogP contribution in [-0.2, 0) is 16.1 Å². The number of nitrogens with zero attached hydrogens (tertiary/aromatic N) is 1. The number of carbonyl (C=O) groups excluding carboxylic acids is 1. The monoisotopic (exact) mass is 197 g/mol. The van der Waals surface area contributed by atoms with Gasteiger partial charge in [0.2, 0.25) is 0 Å². The smallest absolute Gasteiger partial charge is 0.251 e. The number of ether oxygens (including phenoxy) is 1. The van der Waals surface area contributed by atoms with Crippen molar-refractivity contribution in [1.29, 1.82) is 0 Å². The summed E-state index contributed by atoms with van der Waals surface area (Å²) in [4.78, 5) is 18.3. The number of H-pyrrole nitrogens is 1. The van der Waals surface area contributed by atoms with Crippen LogP contribution in [0.4, 0.5) is 0 Å². The van der Waals surface area contributed by atoms with Gasteiger partial charge in [0.25, 0.3) is 5.91 Å². The standard InChI is InChI=1S/C9H15N3O2/c1-9(2,14-3)8(13)11-5-7-4-10-6-12-7/h4,6H,5H2,1-3H3,(H,10,12)(H,11,13). The Bertz CT molecular complexity index is 293. The average molecular weight is 197 g/mol. The van der Waals surface area contributed by atoms with Gasteiger partial charge in [-0.3, -0.25) is 4.79 Å². The molecule has 1 amide bonds. The number of amides is 1. The van der Waals surface area contributed by atoms with Gasteiger partial charge in [-0.1, -0.05) is 0 Å². The van der Waals surface area contributed by atoms with Crippen LogP contribution in [0.25, 0.3) is 0 Å². The Morgan fingerprint density at radius 3 is 2.93 bits per heavy atom. The number of carbonyl (C=O) groups is 1. The molecule has 0 aliphatic heterocycles. The van der Waals surface area contributed by atoms with Gasteiger partial charge >= 0.3 is 0 Å². The second kappa shape index (κ2) is 4.23. The minimum absolute atomic E-state index is 0.144. The van der Waals surface area contributed by atoms with E-state index < -0.39 is 5.60 Å². The molecule has 5 heteroatoms. The number of aromatic nitrogens is 2. The van der Waals surface area contributed by atoms with Crippen molar-refractivity contribution in [1.82, 2.24) is 15.3 Å². The third-order valence-electron chi connectivity index (χ3n) is 2.05. The van der Waals surface area contributed by atoms with E-state index in [0.29, 0.717) is 6.54 Å². The lowest BCUT2D eigenvalue weighted by Crippen LogP contribution is -2.43. The molecule has 1 rings (SSSR count). The van der Waals surface area contributed by atoms with E-state index in [-0.39, 0.29) is 5.91 Å². The van der Waals surface area contributed by atoms with Gasteiger partial charge in [-0.25, -0.2) is 4.98 Å². The normalized spacial score (nSPS) is 11.4. The maximum absolute atomic E-state index is 11.5. The van der Waals surface area contributed by atoms with E-state index in [9.17, 15) is 4.79 Å². The molecule has 0 atom stereocenters.